The summed E-state index contributed by atoms with van der Waals surface area (Å²) in [7, 11) is 3.20. The summed E-state index contributed by atoms with van der Waals surface area (Å²) in [6.45, 7) is 0.433. The molecule has 0 radical (unpaired) electrons. The first kappa shape index (κ1) is 23.8. The monoisotopic (exact) mass is 479 g/mol. The zero-order chi connectivity index (χ0) is 24.0. The minimum absolute atomic E-state index is 0.0260. The van der Waals surface area contributed by atoms with Gasteiger partial charge in [-0.15, -0.1) is 11.3 Å². The van der Waals surface area contributed by atoms with Crippen LogP contribution in [0, 0.1) is 0 Å². The van der Waals surface area contributed by atoms with Crippen molar-refractivity contribution >= 4 is 23.2 Å². The van der Waals surface area contributed by atoms with E-state index in [1.165, 1.54) is 11.3 Å². The number of amides is 2. The number of carbonyl (C=O) groups is 2. The summed E-state index contributed by atoms with van der Waals surface area (Å²) in [5.74, 6) is 1.29. The number of nitrogens with zero attached hydrogens (tertiary/aromatic N) is 1. The molecule has 0 bridgehead atoms. The molecule has 1 atom stereocenters. The summed E-state index contributed by atoms with van der Waals surface area (Å²) in [6, 6.07) is 15.7. The Morgan fingerprint density at radius 1 is 1.15 bits per heavy atom. The van der Waals surface area contributed by atoms with Crippen molar-refractivity contribution in [3.63, 3.8) is 0 Å². The van der Waals surface area contributed by atoms with Crippen molar-refractivity contribution in [1.29, 1.82) is 0 Å². The molecule has 1 aliphatic rings. The van der Waals surface area contributed by atoms with Crippen LogP contribution in [0.15, 0.2) is 54.0 Å². The molecule has 2 aromatic carbocycles. The molecule has 1 saturated heterocycles. The number of benzene rings is 2. The summed E-state index contributed by atoms with van der Waals surface area (Å²) in [5, 5.41) is 6.17. The minimum Gasteiger partial charge on any atom is -0.493 e. The third kappa shape index (κ3) is 5.56. The molecular weight excluding hydrogens is 450 g/mol. The lowest BCUT2D eigenvalue weighted by Crippen LogP contribution is -2.44. The highest BCUT2D eigenvalue weighted by Crippen LogP contribution is 2.33. The van der Waals surface area contributed by atoms with Gasteiger partial charge in [0, 0.05) is 23.9 Å². The number of hydrogen-bond donors (Lipinski definition) is 2. The molecule has 4 rings (SSSR count). The summed E-state index contributed by atoms with van der Waals surface area (Å²) in [6.07, 6.45) is 2.68. The molecular formula is C26H29N3O4S. The Labute approximate surface area is 203 Å². The Kier molecular flexibility index (Phi) is 7.47. The Bertz CT molecular complexity index is 1150. The Morgan fingerprint density at radius 3 is 2.65 bits per heavy atom. The van der Waals surface area contributed by atoms with E-state index in [-0.39, 0.29) is 11.8 Å². The molecule has 1 fully saturated rings. The molecule has 7 nitrogen and oxygen atoms in total. The van der Waals surface area contributed by atoms with Crippen LogP contribution in [0.4, 0.5) is 0 Å². The van der Waals surface area contributed by atoms with E-state index in [1.54, 1.807) is 19.7 Å². The third-order valence-corrected chi connectivity index (χ3v) is 7.02. The van der Waals surface area contributed by atoms with Gasteiger partial charge in [0.15, 0.2) is 11.5 Å². The number of aromatic nitrogens is 1. The fraction of sp³-hybridized carbons (Fsp3) is 0.346. The smallest absolute Gasteiger partial charge is 0.220 e. The molecule has 2 heterocycles. The van der Waals surface area contributed by atoms with E-state index in [4.69, 9.17) is 9.47 Å². The number of ether oxygens (including phenoxy) is 2. The van der Waals surface area contributed by atoms with E-state index < -0.39 is 5.54 Å². The van der Waals surface area contributed by atoms with Gasteiger partial charge in [0.1, 0.15) is 0 Å². The maximum absolute atomic E-state index is 12.7. The van der Waals surface area contributed by atoms with Crippen LogP contribution in [0.3, 0.4) is 0 Å². The van der Waals surface area contributed by atoms with Gasteiger partial charge < -0.3 is 20.1 Å². The van der Waals surface area contributed by atoms with Crippen LogP contribution >= 0.6 is 11.3 Å². The first-order valence-corrected chi connectivity index (χ1v) is 12.2. The molecule has 1 aliphatic heterocycles. The average molecular weight is 480 g/mol. The molecule has 2 N–H and O–H groups in total. The van der Waals surface area contributed by atoms with Crippen LogP contribution in [0.1, 0.15) is 36.1 Å². The van der Waals surface area contributed by atoms with Gasteiger partial charge in [-0.05, 0) is 37.0 Å². The Balaban J connectivity index is 1.38. The first-order valence-electron chi connectivity index (χ1n) is 11.3. The normalized spacial score (nSPS) is 17.3. The molecule has 0 saturated carbocycles. The molecule has 2 amide bonds. The predicted molar refractivity (Wildman–Crippen MR) is 132 cm³/mol. The van der Waals surface area contributed by atoms with Crippen LogP contribution in [-0.4, -0.2) is 36.6 Å². The molecule has 1 aromatic heterocycles. The first-order chi connectivity index (χ1) is 16.5. The van der Waals surface area contributed by atoms with Crippen LogP contribution in [-0.2, 0) is 22.6 Å². The zero-order valence-electron chi connectivity index (χ0n) is 19.4. The highest BCUT2D eigenvalue weighted by molar-refractivity contribution is 7.10. The number of carbonyl (C=O) groups excluding carboxylic acids is 2. The van der Waals surface area contributed by atoms with Gasteiger partial charge in [-0.3, -0.25) is 9.59 Å². The number of thiazole rings is 1. The minimum atomic E-state index is -0.451. The summed E-state index contributed by atoms with van der Waals surface area (Å²) in [5.41, 5.74) is 4.32. The Hall–Kier alpha value is -3.39. The maximum Gasteiger partial charge on any atom is 0.220 e. The van der Waals surface area contributed by atoms with Crippen molar-refractivity contribution in [1.82, 2.24) is 15.6 Å². The second-order valence-electron chi connectivity index (χ2n) is 8.46. The summed E-state index contributed by atoms with van der Waals surface area (Å²) < 4.78 is 10.7. The van der Waals surface area contributed by atoms with Gasteiger partial charge in [0.25, 0.3) is 0 Å². The van der Waals surface area contributed by atoms with E-state index in [1.807, 2.05) is 48.5 Å². The van der Waals surface area contributed by atoms with Crippen LogP contribution in [0.25, 0.3) is 11.3 Å². The molecule has 178 valence electrons. The number of hydrogen-bond acceptors (Lipinski definition) is 6. The van der Waals surface area contributed by atoms with E-state index in [0.717, 1.165) is 21.7 Å². The van der Waals surface area contributed by atoms with Gasteiger partial charge in [-0.2, -0.15) is 0 Å². The van der Waals surface area contributed by atoms with E-state index >= 15 is 0 Å². The lowest BCUT2D eigenvalue weighted by molar-refractivity contribution is -0.122. The average Bonchev–Trinajstić information content (AvgIpc) is 3.48. The second-order valence-corrected chi connectivity index (χ2v) is 9.40. The molecule has 0 aliphatic carbocycles. The van der Waals surface area contributed by atoms with Crippen molar-refractivity contribution in [3.05, 3.63) is 64.5 Å². The zero-order valence-corrected chi connectivity index (χ0v) is 20.2. The highest BCUT2D eigenvalue weighted by Gasteiger charge is 2.38. The van der Waals surface area contributed by atoms with Crippen LogP contribution < -0.4 is 20.1 Å². The maximum atomic E-state index is 12.7. The van der Waals surface area contributed by atoms with Gasteiger partial charge in [-0.1, -0.05) is 36.4 Å². The fourth-order valence-corrected chi connectivity index (χ4v) is 5.13. The summed E-state index contributed by atoms with van der Waals surface area (Å²) in [4.78, 5) is 30.3. The topological polar surface area (TPSA) is 89.5 Å². The molecule has 1 unspecified atom stereocenters. The molecule has 3 aromatic rings. The van der Waals surface area contributed by atoms with E-state index in [0.29, 0.717) is 50.1 Å². The van der Waals surface area contributed by atoms with E-state index in [9.17, 15) is 9.59 Å². The standard InChI is InChI=1S/C26H29N3O4S/c1-32-20-9-8-18(14-21(20)33-2)15-26(13-11-24(31)29-26)12-10-23(30)27-16-22-25(28-17-34-22)19-6-4-3-5-7-19/h3-9,14,17H,10-13,15-16H2,1-2H3,(H,27,30)(H,29,31). The Morgan fingerprint density at radius 2 is 1.94 bits per heavy atom. The summed E-state index contributed by atoms with van der Waals surface area (Å²) >= 11 is 1.53. The largest absolute Gasteiger partial charge is 0.493 e. The number of rotatable bonds is 10. The lowest BCUT2D eigenvalue weighted by atomic mass is 9.85. The number of methoxy groups -OCH3 is 2. The lowest BCUT2D eigenvalue weighted by Gasteiger charge is -2.29. The van der Waals surface area contributed by atoms with Crippen molar-refractivity contribution in [2.24, 2.45) is 0 Å². The van der Waals surface area contributed by atoms with Crippen molar-refractivity contribution in [3.8, 4) is 22.8 Å². The fourth-order valence-electron chi connectivity index (χ4n) is 4.41. The molecule has 34 heavy (non-hydrogen) atoms. The van der Waals surface area contributed by atoms with Gasteiger partial charge in [0.05, 0.1) is 36.8 Å². The number of nitrogens with one attached hydrogen (secondary N) is 2. The second kappa shape index (κ2) is 10.7. The van der Waals surface area contributed by atoms with Crippen LogP contribution in [0.2, 0.25) is 0 Å². The van der Waals surface area contributed by atoms with E-state index in [2.05, 4.69) is 15.6 Å². The van der Waals surface area contributed by atoms with Crippen LogP contribution in [0.5, 0.6) is 11.5 Å². The van der Waals surface area contributed by atoms with Gasteiger partial charge in [-0.25, -0.2) is 4.98 Å². The van der Waals surface area contributed by atoms with Crippen molar-refractivity contribution < 1.29 is 19.1 Å². The van der Waals surface area contributed by atoms with Gasteiger partial charge in [0.2, 0.25) is 11.8 Å². The predicted octanol–water partition coefficient (Wildman–Crippen LogP) is 4.12. The molecule has 8 heteroatoms. The van der Waals surface area contributed by atoms with Gasteiger partial charge >= 0.3 is 0 Å². The highest BCUT2D eigenvalue weighted by atomic mass is 32.1. The van der Waals surface area contributed by atoms with Crippen molar-refractivity contribution in [2.45, 2.75) is 44.2 Å². The van der Waals surface area contributed by atoms with Crippen molar-refractivity contribution in [2.75, 3.05) is 14.2 Å². The SMILES string of the molecule is COc1ccc(CC2(CCC(=O)NCc3scnc3-c3ccccc3)CCC(=O)N2)cc1OC. The molecule has 0 spiro atoms. The third-order valence-electron chi connectivity index (χ3n) is 6.19. The quantitative estimate of drug-likeness (QED) is 0.457.